The maximum absolute atomic E-state index is 12.5. The zero-order chi connectivity index (χ0) is 20.9. The van der Waals surface area contributed by atoms with Crippen molar-refractivity contribution in [3.05, 3.63) is 29.8 Å². The molecule has 2 amide bonds. The van der Waals surface area contributed by atoms with Crippen LogP contribution in [0.25, 0.3) is 0 Å². The van der Waals surface area contributed by atoms with E-state index in [1.807, 2.05) is 0 Å². The molecule has 2 rings (SSSR count). The van der Waals surface area contributed by atoms with Crippen LogP contribution in [0.2, 0.25) is 0 Å². The number of hydrogen-bond donors (Lipinski definition) is 1. The molecule has 1 aliphatic rings. The summed E-state index contributed by atoms with van der Waals surface area (Å²) in [5.41, 5.74) is 0.364. The summed E-state index contributed by atoms with van der Waals surface area (Å²) in [6, 6.07) is 6.95. The van der Waals surface area contributed by atoms with E-state index in [0.717, 1.165) is 38.8 Å². The summed E-state index contributed by atoms with van der Waals surface area (Å²) in [5.74, 6) is -0.653. The fourth-order valence-corrected chi connectivity index (χ4v) is 3.91. The molecule has 0 saturated carbocycles. The van der Waals surface area contributed by atoms with Gasteiger partial charge >= 0.3 is 5.97 Å². The van der Waals surface area contributed by atoms with E-state index in [-0.39, 0.29) is 24.2 Å². The normalized spacial score (nSPS) is 14.6. The maximum Gasteiger partial charge on any atom is 0.339 e. The third kappa shape index (κ3) is 8.45. The Morgan fingerprint density at radius 3 is 2.48 bits per heavy atom. The second-order valence-corrected chi connectivity index (χ2v) is 7.87. The highest BCUT2D eigenvalue weighted by Crippen LogP contribution is 2.23. The van der Waals surface area contributed by atoms with Crippen molar-refractivity contribution in [3.8, 4) is 0 Å². The van der Waals surface area contributed by atoms with Gasteiger partial charge in [-0.25, -0.2) is 4.79 Å². The molecule has 8 heteroatoms. The number of likely N-dealkylation sites (tertiary alicyclic amines) is 1. The van der Waals surface area contributed by atoms with E-state index in [1.165, 1.54) is 18.2 Å². The fourth-order valence-electron chi connectivity index (χ4n) is 3.04. The number of ether oxygens (including phenoxy) is 2. The number of carbonyl (C=O) groups excluding carboxylic acids is 3. The Morgan fingerprint density at radius 1 is 1.07 bits per heavy atom. The summed E-state index contributed by atoms with van der Waals surface area (Å²) in [5, 5.41) is 2.74. The molecular formula is C21H30N2O5S. The van der Waals surface area contributed by atoms with Gasteiger partial charge in [0.25, 0.3) is 5.91 Å². The maximum atomic E-state index is 12.5. The van der Waals surface area contributed by atoms with Crippen LogP contribution in [-0.4, -0.2) is 68.4 Å². The molecule has 1 saturated heterocycles. The molecule has 1 N–H and O–H groups in total. The summed E-state index contributed by atoms with van der Waals surface area (Å²) in [7, 11) is 1.57. The summed E-state index contributed by atoms with van der Waals surface area (Å²) < 4.78 is 10.2. The van der Waals surface area contributed by atoms with Crippen molar-refractivity contribution < 1.29 is 23.9 Å². The highest BCUT2D eigenvalue weighted by Gasteiger charge is 2.19. The van der Waals surface area contributed by atoms with Crippen molar-refractivity contribution in [2.45, 2.75) is 37.0 Å². The van der Waals surface area contributed by atoms with E-state index in [9.17, 15) is 14.4 Å². The molecule has 0 unspecified atom stereocenters. The Bertz CT molecular complexity index is 675. The number of esters is 1. The predicted molar refractivity (Wildman–Crippen MR) is 112 cm³/mol. The average Bonchev–Trinajstić information content (AvgIpc) is 2.70. The molecule has 0 spiro atoms. The van der Waals surface area contributed by atoms with Crippen LogP contribution in [0.15, 0.2) is 29.2 Å². The van der Waals surface area contributed by atoms with Crippen molar-refractivity contribution in [2.24, 2.45) is 0 Å². The molecular weight excluding hydrogens is 392 g/mol. The molecule has 0 radical (unpaired) electrons. The van der Waals surface area contributed by atoms with Crippen molar-refractivity contribution in [1.29, 1.82) is 0 Å². The highest BCUT2D eigenvalue weighted by atomic mass is 32.2. The van der Waals surface area contributed by atoms with E-state index in [4.69, 9.17) is 9.47 Å². The Balaban J connectivity index is 1.85. The van der Waals surface area contributed by atoms with Gasteiger partial charge in [-0.1, -0.05) is 31.4 Å². The molecule has 1 heterocycles. The molecule has 7 nitrogen and oxygen atoms in total. The summed E-state index contributed by atoms with van der Waals surface area (Å²) >= 11 is 1.26. The van der Waals surface area contributed by atoms with Crippen molar-refractivity contribution in [3.63, 3.8) is 0 Å². The Morgan fingerprint density at radius 2 is 1.76 bits per heavy atom. The molecule has 0 aromatic heterocycles. The number of rotatable bonds is 9. The largest absolute Gasteiger partial charge is 0.452 e. The number of nitrogens with one attached hydrogen (secondary N) is 1. The molecule has 160 valence electrons. The van der Waals surface area contributed by atoms with E-state index in [0.29, 0.717) is 23.6 Å². The first-order valence-electron chi connectivity index (χ1n) is 10.0. The van der Waals surface area contributed by atoms with E-state index in [2.05, 4.69) is 5.32 Å². The monoisotopic (exact) mass is 422 g/mol. The van der Waals surface area contributed by atoms with Crippen LogP contribution < -0.4 is 5.32 Å². The summed E-state index contributed by atoms with van der Waals surface area (Å²) in [6.07, 6.45) is 5.47. The average molecular weight is 423 g/mol. The van der Waals surface area contributed by atoms with Gasteiger partial charge in [0.1, 0.15) is 0 Å². The second-order valence-electron chi connectivity index (χ2n) is 6.85. The van der Waals surface area contributed by atoms with Gasteiger partial charge in [0.05, 0.1) is 17.9 Å². The number of hydrogen-bond acceptors (Lipinski definition) is 6. The lowest BCUT2D eigenvalue weighted by Gasteiger charge is -2.24. The van der Waals surface area contributed by atoms with Gasteiger partial charge < -0.3 is 19.7 Å². The summed E-state index contributed by atoms with van der Waals surface area (Å²) in [4.78, 5) is 39.2. The zero-order valence-corrected chi connectivity index (χ0v) is 17.8. The topological polar surface area (TPSA) is 84.9 Å². The minimum absolute atomic E-state index is 0.137. The minimum atomic E-state index is -0.548. The molecule has 0 aliphatic carbocycles. The first-order valence-corrected chi connectivity index (χ1v) is 11.0. The number of methoxy groups -OCH3 is 1. The van der Waals surface area contributed by atoms with Gasteiger partial charge in [-0.3, -0.25) is 9.59 Å². The molecule has 1 fully saturated rings. The quantitative estimate of drug-likeness (QED) is 0.374. The number of thioether (sulfide) groups is 1. The zero-order valence-electron chi connectivity index (χ0n) is 17.0. The van der Waals surface area contributed by atoms with Crippen molar-refractivity contribution in [2.75, 3.05) is 45.7 Å². The van der Waals surface area contributed by atoms with Crippen LogP contribution in [0.5, 0.6) is 0 Å². The number of amides is 2. The Hall–Kier alpha value is -2.06. The second kappa shape index (κ2) is 13.2. The van der Waals surface area contributed by atoms with E-state index >= 15 is 0 Å². The van der Waals surface area contributed by atoms with Gasteiger partial charge in [0, 0.05) is 31.6 Å². The van der Waals surface area contributed by atoms with Crippen LogP contribution in [0, 0.1) is 0 Å². The molecule has 0 atom stereocenters. The lowest BCUT2D eigenvalue weighted by atomic mass is 10.1. The highest BCUT2D eigenvalue weighted by molar-refractivity contribution is 8.00. The Labute approximate surface area is 176 Å². The van der Waals surface area contributed by atoms with E-state index < -0.39 is 5.97 Å². The van der Waals surface area contributed by atoms with Crippen LogP contribution in [-0.2, 0) is 19.1 Å². The van der Waals surface area contributed by atoms with Crippen molar-refractivity contribution >= 4 is 29.5 Å². The smallest absolute Gasteiger partial charge is 0.339 e. The fraction of sp³-hybridized carbons (Fsp3) is 0.571. The molecule has 1 aromatic carbocycles. The molecule has 1 aromatic rings. The first kappa shape index (κ1) is 23.2. The lowest BCUT2D eigenvalue weighted by Crippen LogP contribution is -2.37. The lowest BCUT2D eigenvalue weighted by molar-refractivity contribution is -0.134. The van der Waals surface area contributed by atoms with Gasteiger partial charge in [0.15, 0.2) is 6.61 Å². The number of nitrogens with zero attached hydrogens (tertiary/aromatic N) is 1. The number of benzene rings is 1. The van der Waals surface area contributed by atoms with Crippen LogP contribution in [0.4, 0.5) is 0 Å². The Kier molecular flexibility index (Phi) is 10.6. The standard InChI is InChI=1S/C21H30N2O5S/c1-27-14-11-22-19(24)16-29-18-10-6-5-9-17(18)21(26)28-15-20(25)23-12-7-3-2-4-8-13-23/h5-6,9-10H,2-4,7-8,11-16H2,1H3,(H,22,24). The van der Waals surface area contributed by atoms with Gasteiger partial charge in [-0.2, -0.15) is 0 Å². The van der Waals surface area contributed by atoms with Crippen LogP contribution in [0.3, 0.4) is 0 Å². The molecule has 1 aliphatic heterocycles. The number of carbonyl (C=O) groups is 3. The van der Waals surface area contributed by atoms with Crippen molar-refractivity contribution in [1.82, 2.24) is 10.2 Å². The SMILES string of the molecule is COCCNC(=O)CSc1ccccc1C(=O)OCC(=O)N1CCCCCCC1. The first-order chi connectivity index (χ1) is 14.1. The van der Waals surface area contributed by atoms with Gasteiger partial charge in [-0.15, -0.1) is 11.8 Å². The minimum Gasteiger partial charge on any atom is -0.452 e. The predicted octanol–water partition coefficient (Wildman–Crippen LogP) is 2.49. The van der Waals surface area contributed by atoms with Gasteiger partial charge in [-0.05, 0) is 25.0 Å². The third-order valence-electron chi connectivity index (χ3n) is 4.63. The summed E-state index contributed by atoms with van der Waals surface area (Å²) in [6.45, 7) is 2.08. The van der Waals surface area contributed by atoms with Crippen LogP contribution in [0.1, 0.15) is 42.5 Å². The van der Waals surface area contributed by atoms with Gasteiger partial charge in [0.2, 0.25) is 5.91 Å². The van der Waals surface area contributed by atoms with Crippen LogP contribution >= 0.6 is 11.8 Å². The molecule has 0 bridgehead atoms. The third-order valence-corrected chi connectivity index (χ3v) is 5.70. The van der Waals surface area contributed by atoms with E-state index in [1.54, 1.807) is 36.3 Å². The molecule has 29 heavy (non-hydrogen) atoms.